The minimum Gasteiger partial charge on any atom is -0.464 e. The number of carbonyl (C=O) groups excluding carboxylic acids is 2. The molecule has 0 aliphatic heterocycles. The molecule has 2 aromatic heterocycles. The second-order valence-corrected chi connectivity index (χ2v) is 8.12. The third-order valence-electron chi connectivity index (χ3n) is 5.60. The van der Waals surface area contributed by atoms with Gasteiger partial charge in [-0.15, -0.1) is 0 Å². The highest BCUT2D eigenvalue weighted by Crippen LogP contribution is 2.18. The Hall–Kier alpha value is -4.01. The molecule has 0 fully saturated rings. The largest absolute Gasteiger partial charge is 0.464 e. The van der Waals surface area contributed by atoms with E-state index in [9.17, 15) is 18.4 Å². The van der Waals surface area contributed by atoms with Crippen molar-refractivity contribution in [3.63, 3.8) is 0 Å². The Balaban J connectivity index is 1.48. The molecule has 176 valence electrons. The Morgan fingerprint density at radius 1 is 1.03 bits per heavy atom. The molecule has 9 heteroatoms. The zero-order valence-corrected chi connectivity index (χ0v) is 18.8. The number of benzene rings is 2. The summed E-state index contributed by atoms with van der Waals surface area (Å²) in [6.45, 7) is 1.87. The zero-order valence-electron chi connectivity index (χ0n) is 18.8. The van der Waals surface area contributed by atoms with Crippen LogP contribution in [0.4, 0.5) is 8.78 Å². The molecule has 34 heavy (non-hydrogen) atoms. The summed E-state index contributed by atoms with van der Waals surface area (Å²) in [5.41, 5.74) is 3.19. The molecule has 0 radical (unpaired) electrons. The number of hydrogen-bond acceptors (Lipinski definition) is 4. The quantitative estimate of drug-likeness (QED) is 0.389. The Kier molecular flexibility index (Phi) is 6.72. The summed E-state index contributed by atoms with van der Waals surface area (Å²) < 4.78 is 34.1. The van der Waals surface area contributed by atoms with Gasteiger partial charge in [-0.1, -0.05) is 12.1 Å². The molecule has 0 aliphatic carbocycles. The van der Waals surface area contributed by atoms with Gasteiger partial charge in [0, 0.05) is 49.3 Å². The van der Waals surface area contributed by atoms with E-state index in [-0.39, 0.29) is 25.1 Å². The van der Waals surface area contributed by atoms with Crippen LogP contribution in [0.2, 0.25) is 0 Å². The van der Waals surface area contributed by atoms with Gasteiger partial charge in [-0.3, -0.25) is 14.3 Å². The first-order valence-corrected chi connectivity index (χ1v) is 10.7. The Labute approximate surface area is 194 Å². The van der Waals surface area contributed by atoms with E-state index in [0.717, 1.165) is 34.4 Å². The van der Waals surface area contributed by atoms with Crippen LogP contribution >= 0.6 is 0 Å². The summed E-state index contributed by atoms with van der Waals surface area (Å²) in [6.07, 6.45) is 1.70. The van der Waals surface area contributed by atoms with Gasteiger partial charge in [0.1, 0.15) is 23.1 Å². The van der Waals surface area contributed by atoms with Crippen molar-refractivity contribution in [1.29, 1.82) is 0 Å². The van der Waals surface area contributed by atoms with Gasteiger partial charge in [0.05, 0.1) is 12.0 Å². The minimum atomic E-state index is -1.07. The number of fused-ring (bicyclic) bond motifs is 1. The van der Waals surface area contributed by atoms with Gasteiger partial charge in [0.2, 0.25) is 11.8 Å². The number of carbonyl (C=O) groups is 2. The molecular formula is C25H24F2N4O3. The highest BCUT2D eigenvalue weighted by Gasteiger charge is 2.28. The maximum atomic E-state index is 14.0. The number of rotatable bonds is 8. The van der Waals surface area contributed by atoms with Crippen LogP contribution in [0.1, 0.15) is 22.5 Å². The smallest absolute Gasteiger partial charge is 0.233 e. The van der Waals surface area contributed by atoms with Crippen molar-refractivity contribution in [2.75, 3.05) is 0 Å². The SMILES string of the molecule is Cc1cc(CC(C(=O)NCc2ccc3occc3c2)C(=O)NCc2ccc(F)cc2F)n(C)n1. The molecule has 2 heterocycles. The van der Waals surface area contributed by atoms with Gasteiger partial charge in [-0.25, -0.2) is 8.78 Å². The average Bonchev–Trinajstić information content (AvgIpc) is 3.39. The van der Waals surface area contributed by atoms with Crippen LogP contribution in [0.15, 0.2) is 59.2 Å². The van der Waals surface area contributed by atoms with E-state index in [1.54, 1.807) is 24.1 Å². The fourth-order valence-corrected chi connectivity index (χ4v) is 3.78. The molecule has 7 nitrogen and oxygen atoms in total. The number of hydrogen-bond donors (Lipinski definition) is 2. The Bertz CT molecular complexity index is 1350. The van der Waals surface area contributed by atoms with Crippen LogP contribution in [0, 0.1) is 24.5 Å². The molecule has 0 bridgehead atoms. The lowest BCUT2D eigenvalue weighted by atomic mass is 10.00. The maximum absolute atomic E-state index is 14.0. The molecule has 0 saturated heterocycles. The van der Waals surface area contributed by atoms with E-state index in [1.807, 2.05) is 31.2 Å². The van der Waals surface area contributed by atoms with Crippen LogP contribution in [0.5, 0.6) is 0 Å². The van der Waals surface area contributed by atoms with Gasteiger partial charge >= 0.3 is 0 Å². The van der Waals surface area contributed by atoms with E-state index in [1.165, 1.54) is 6.07 Å². The molecule has 0 saturated carbocycles. The summed E-state index contributed by atoms with van der Waals surface area (Å²) in [7, 11) is 1.74. The lowest BCUT2D eigenvalue weighted by Crippen LogP contribution is -2.42. The number of furan rings is 1. The van der Waals surface area contributed by atoms with Crippen molar-refractivity contribution in [2.45, 2.75) is 26.4 Å². The van der Waals surface area contributed by atoms with Gasteiger partial charge < -0.3 is 15.1 Å². The fourth-order valence-electron chi connectivity index (χ4n) is 3.78. The number of aromatic nitrogens is 2. The first kappa shape index (κ1) is 23.2. The predicted molar refractivity (Wildman–Crippen MR) is 121 cm³/mol. The van der Waals surface area contributed by atoms with E-state index >= 15 is 0 Å². The molecule has 0 spiro atoms. The third kappa shape index (κ3) is 5.31. The number of nitrogens with zero attached hydrogens (tertiary/aromatic N) is 2. The van der Waals surface area contributed by atoms with Crippen LogP contribution in [0.25, 0.3) is 11.0 Å². The van der Waals surface area contributed by atoms with Gasteiger partial charge in [-0.05, 0) is 42.8 Å². The third-order valence-corrected chi connectivity index (χ3v) is 5.60. The molecule has 4 aromatic rings. The van der Waals surface area contributed by atoms with Crippen molar-refractivity contribution in [1.82, 2.24) is 20.4 Å². The van der Waals surface area contributed by atoms with Gasteiger partial charge in [-0.2, -0.15) is 5.10 Å². The monoisotopic (exact) mass is 466 g/mol. The summed E-state index contributed by atoms with van der Waals surface area (Å²) in [4.78, 5) is 26.1. The second kappa shape index (κ2) is 9.86. The highest BCUT2D eigenvalue weighted by molar-refractivity contribution is 6.00. The molecule has 1 unspecified atom stereocenters. The zero-order chi connectivity index (χ0) is 24.2. The van der Waals surface area contributed by atoms with Crippen LogP contribution in [0.3, 0.4) is 0 Å². The lowest BCUT2D eigenvalue weighted by Gasteiger charge is -2.17. The summed E-state index contributed by atoms with van der Waals surface area (Å²) >= 11 is 0. The van der Waals surface area contributed by atoms with Crippen LogP contribution in [-0.2, 0) is 36.1 Å². The fraction of sp³-hybridized carbons (Fsp3) is 0.240. The topological polar surface area (TPSA) is 89.2 Å². The van der Waals surface area contributed by atoms with Crippen LogP contribution < -0.4 is 10.6 Å². The minimum absolute atomic E-state index is 0.113. The van der Waals surface area contributed by atoms with Crippen molar-refractivity contribution in [2.24, 2.45) is 13.0 Å². The lowest BCUT2D eigenvalue weighted by molar-refractivity contribution is -0.135. The summed E-state index contributed by atoms with van der Waals surface area (Å²) in [5, 5.41) is 10.6. The van der Waals surface area contributed by atoms with Crippen molar-refractivity contribution in [3.8, 4) is 0 Å². The molecule has 1 atom stereocenters. The van der Waals surface area contributed by atoms with E-state index in [2.05, 4.69) is 15.7 Å². The summed E-state index contributed by atoms with van der Waals surface area (Å²) in [5.74, 6) is -3.58. The predicted octanol–water partition coefficient (Wildman–Crippen LogP) is 3.54. The molecule has 2 amide bonds. The molecular weight excluding hydrogens is 442 g/mol. The molecule has 2 N–H and O–H groups in total. The van der Waals surface area contributed by atoms with Gasteiger partial charge in [0.25, 0.3) is 0 Å². The number of amides is 2. The Morgan fingerprint density at radius 2 is 1.79 bits per heavy atom. The molecule has 2 aromatic carbocycles. The van der Waals surface area contributed by atoms with E-state index in [0.29, 0.717) is 5.69 Å². The van der Waals surface area contributed by atoms with E-state index in [4.69, 9.17) is 4.42 Å². The second-order valence-electron chi connectivity index (χ2n) is 8.12. The van der Waals surface area contributed by atoms with Crippen LogP contribution in [-0.4, -0.2) is 21.6 Å². The van der Waals surface area contributed by atoms with Crippen molar-refractivity contribution in [3.05, 3.63) is 88.9 Å². The number of aryl methyl sites for hydroxylation is 2. The van der Waals surface area contributed by atoms with Crippen molar-refractivity contribution >= 4 is 22.8 Å². The van der Waals surface area contributed by atoms with E-state index < -0.39 is 29.4 Å². The Morgan fingerprint density at radius 3 is 2.50 bits per heavy atom. The van der Waals surface area contributed by atoms with Crippen molar-refractivity contribution < 1.29 is 22.8 Å². The first-order valence-electron chi connectivity index (χ1n) is 10.7. The standard InChI is InChI=1S/C25H24F2N4O3/c1-15-9-20(31(2)30-15)12-21(25(33)29-14-18-4-5-19(26)11-22(18)27)24(32)28-13-16-3-6-23-17(10-16)7-8-34-23/h3-11,21H,12-14H2,1-2H3,(H,28,32)(H,29,33). The maximum Gasteiger partial charge on any atom is 0.233 e. The highest BCUT2D eigenvalue weighted by atomic mass is 19.1. The number of nitrogens with one attached hydrogen (secondary N) is 2. The average molecular weight is 466 g/mol. The molecule has 4 rings (SSSR count). The first-order chi connectivity index (χ1) is 16.3. The summed E-state index contributed by atoms with van der Waals surface area (Å²) in [6, 6.07) is 12.3. The molecule has 0 aliphatic rings. The van der Waals surface area contributed by atoms with Gasteiger partial charge in [0.15, 0.2) is 0 Å². The normalized spacial score (nSPS) is 12.0. The number of halogens is 2.